The Labute approximate surface area is 72.0 Å². The first-order valence-electron chi connectivity index (χ1n) is 3.40. The fourth-order valence-electron chi connectivity index (χ4n) is 0.867. The van der Waals surface area contributed by atoms with Crippen LogP contribution in [0.2, 0.25) is 0 Å². The molecule has 0 unspecified atom stereocenters. The van der Waals surface area contributed by atoms with E-state index in [1.54, 1.807) is 0 Å². The molecule has 0 bridgehead atoms. The summed E-state index contributed by atoms with van der Waals surface area (Å²) in [5.74, 6) is -1.85. The molecule has 3 N–H and O–H groups in total. The van der Waals surface area contributed by atoms with Gasteiger partial charge in [-0.25, -0.2) is 18.2 Å². The number of nitrogens with zero attached hydrogens (tertiary/aromatic N) is 1. The molecule has 0 aliphatic rings. The lowest BCUT2D eigenvalue weighted by Gasteiger charge is -2.05. The van der Waals surface area contributed by atoms with Crippen molar-refractivity contribution in [2.45, 2.75) is 13.0 Å². The maximum atomic E-state index is 12.8. The van der Waals surface area contributed by atoms with E-state index in [2.05, 4.69) is 4.98 Å². The molecule has 0 aliphatic carbocycles. The molecule has 0 spiro atoms. The maximum Gasteiger partial charge on any atom is 0.266 e. The van der Waals surface area contributed by atoms with Crippen LogP contribution >= 0.6 is 0 Å². The van der Waals surface area contributed by atoms with E-state index < -0.39 is 30.2 Å². The molecule has 13 heavy (non-hydrogen) atoms. The minimum Gasteiger partial charge on any atom is -0.390 e. The van der Waals surface area contributed by atoms with Crippen LogP contribution in [0, 0.1) is 5.82 Å². The molecular formula is C7H7F3N2O. The van der Waals surface area contributed by atoms with Crippen LogP contribution in [0.4, 0.5) is 19.0 Å². The topological polar surface area (TPSA) is 59.1 Å². The van der Waals surface area contributed by atoms with Gasteiger partial charge >= 0.3 is 0 Å². The van der Waals surface area contributed by atoms with Gasteiger partial charge in [-0.2, -0.15) is 0 Å². The van der Waals surface area contributed by atoms with Crippen LogP contribution in [-0.4, -0.2) is 10.1 Å². The Hall–Kier alpha value is -1.30. The first-order chi connectivity index (χ1) is 6.06. The van der Waals surface area contributed by atoms with Crippen LogP contribution in [0.25, 0.3) is 0 Å². The average Bonchev–Trinajstić information content (AvgIpc) is 2.09. The number of anilines is 1. The van der Waals surface area contributed by atoms with Crippen LogP contribution in [0.15, 0.2) is 6.07 Å². The van der Waals surface area contributed by atoms with Crippen LogP contribution in [0.1, 0.15) is 17.7 Å². The van der Waals surface area contributed by atoms with E-state index in [9.17, 15) is 13.2 Å². The van der Waals surface area contributed by atoms with Gasteiger partial charge in [0.2, 0.25) is 0 Å². The fraction of sp³-hybridized carbons (Fsp3) is 0.286. The summed E-state index contributed by atoms with van der Waals surface area (Å²) in [4.78, 5) is 3.35. The third-order valence-electron chi connectivity index (χ3n) is 1.46. The second kappa shape index (κ2) is 3.61. The molecule has 3 nitrogen and oxygen atoms in total. The first-order valence-corrected chi connectivity index (χ1v) is 3.40. The minimum atomic E-state index is -2.96. The molecule has 0 aliphatic heterocycles. The van der Waals surface area contributed by atoms with Gasteiger partial charge < -0.3 is 10.8 Å². The summed E-state index contributed by atoms with van der Waals surface area (Å²) < 4.78 is 37.1. The largest absolute Gasteiger partial charge is 0.390 e. The molecule has 0 aromatic carbocycles. The molecule has 1 heterocycles. The fourth-order valence-corrected chi connectivity index (χ4v) is 0.867. The number of pyridine rings is 1. The summed E-state index contributed by atoms with van der Waals surface area (Å²) in [6, 6.07) is 0.788. The van der Waals surface area contributed by atoms with Crippen LogP contribution in [0.3, 0.4) is 0 Å². The number of hydrogen-bond acceptors (Lipinski definition) is 3. The van der Waals surface area contributed by atoms with Crippen molar-refractivity contribution in [3.05, 3.63) is 23.1 Å². The van der Waals surface area contributed by atoms with Gasteiger partial charge in [0, 0.05) is 0 Å². The number of aliphatic hydroxyl groups excluding tert-OH is 1. The smallest absolute Gasteiger partial charge is 0.266 e. The van der Waals surface area contributed by atoms with Crippen molar-refractivity contribution in [2.24, 2.45) is 0 Å². The van der Waals surface area contributed by atoms with Crippen molar-refractivity contribution in [3.8, 4) is 0 Å². The van der Waals surface area contributed by atoms with E-state index >= 15 is 0 Å². The predicted octanol–water partition coefficient (Wildman–Crippen LogP) is 1.23. The first kappa shape index (κ1) is 9.79. The molecule has 1 aromatic heterocycles. The van der Waals surface area contributed by atoms with E-state index in [4.69, 9.17) is 10.8 Å². The summed E-state index contributed by atoms with van der Waals surface area (Å²) in [5.41, 5.74) is 4.09. The van der Waals surface area contributed by atoms with Gasteiger partial charge in [0.1, 0.15) is 0 Å². The van der Waals surface area contributed by atoms with Gasteiger partial charge in [-0.1, -0.05) is 0 Å². The zero-order chi connectivity index (χ0) is 10.0. The molecule has 1 rings (SSSR count). The molecule has 6 heteroatoms. The van der Waals surface area contributed by atoms with E-state index in [1.807, 2.05) is 0 Å². The number of alkyl halides is 2. The third-order valence-corrected chi connectivity index (χ3v) is 1.46. The highest BCUT2D eigenvalue weighted by Gasteiger charge is 2.17. The minimum absolute atomic E-state index is 0.0748. The number of aromatic nitrogens is 1. The van der Waals surface area contributed by atoms with Gasteiger partial charge in [-0.05, 0) is 6.07 Å². The quantitative estimate of drug-likeness (QED) is 0.740. The third kappa shape index (κ3) is 1.89. The Bertz CT molecular complexity index is 317. The highest BCUT2D eigenvalue weighted by molar-refractivity contribution is 5.37. The molecule has 0 amide bonds. The van der Waals surface area contributed by atoms with Gasteiger partial charge in [0.05, 0.1) is 17.9 Å². The van der Waals surface area contributed by atoms with E-state index in [0.717, 1.165) is 6.07 Å². The van der Waals surface area contributed by atoms with E-state index in [1.165, 1.54) is 0 Å². The summed E-state index contributed by atoms with van der Waals surface area (Å²) in [5, 5.41) is 8.57. The highest BCUT2D eigenvalue weighted by Crippen LogP contribution is 2.25. The Morgan fingerprint density at radius 3 is 2.62 bits per heavy atom. The number of rotatable bonds is 2. The molecule has 0 saturated carbocycles. The normalized spacial score (nSPS) is 10.8. The summed E-state index contributed by atoms with van der Waals surface area (Å²) >= 11 is 0. The van der Waals surface area contributed by atoms with Gasteiger partial charge in [0.25, 0.3) is 6.43 Å². The number of nitrogens with two attached hydrogens (primary N) is 1. The van der Waals surface area contributed by atoms with Crippen LogP contribution in [-0.2, 0) is 6.61 Å². The monoisotopic (exact) mass is 192 g/mol. The Kier molecular flexibility index (Phi) is 2.72. The second-order valence-electron chi connectivity index (χ2n) is 2.36. The second-order valence-corrected chi connectivity index (χ2v) is 2.36. The van der Waals surface area contributed by atoms with Gasteiger partial charge in [-0.15, -0.1) is 0 Å². The molecule has 0 radical (unpaired) electrons. The van der Waals surface area contributed by atoms with Crippen molar-refractivity contribution in [1.82, 2.24) is 4.98 Å². The van der Waals surface area contributed by atoms with Crippen molar-refractivity contribution >= 4 is 5.82 Å². The van der Waals surface area contributed by atoms with Gasteiger partial charge in [-0.3, -0.25) is 0 Å². The zero-order valence-corrected chi connectivity index (χ0v) is 6.47. The molecular weight excluding hydrogens is 185 g/mol. The number of aliphatic hydroxyl groups is 1. The standard InChI is InChI=1S/C7H7F3N2O/c8-5-4(6(9)10)1-3(2-13)12-7(5)11/h1,6,13H,2H2,(H2,11,12). The molecule has 0 saturated heterocycles. The highest BCUT2D eigenvalue weighted by atomic mass is 19.3. The molecule has 0 atom stereocenters. The Morgan fingerprint density at radius 2 is 2.15 bits per heavy atom. The Balaban J connectivity index is 3.25. The van der Waals surface area contributed by atoms with E-state index in [0.29, 0.717) is 0 Å². The van der Waals surface area contributed by atoms with Crippen LogP contribution < -0.4 is 5.73 Å². The number of hydrogen-bond donors (Lipinski definition) is 2. The SMILES string of the molecule is Nc1nc(CO)cc(C(F)F)c1F. The molecule has 72 valence electrons. The summed E-state index contributed by atoms with van der Waals surface area (Å²) in [6.45, 7) is -0.551. The molecule has 0 fully saturated rings. The number of halogens is 3. The summed E-state index contributed by atoms with van der Waals surface area (Å²) in [7, 11) is 0. The van der Waals surface area contributed by atoms with Crippen LogP contribution in [0.5, 0.6) is 0 Å². The lowest BCUT2D eigenvalue weighted by atomic mass is 10.2. The lowest BCUT2D eigenvalue weighted by Crippen LogP contribution is -2.04. The van der Waals surface area contributed by atoms with E-state index in [-0.39, 0.29) is 5.69 Å². The maximum absolute atomic E-state index is 12.8. The van der Waals surface area contributed by atoms with Gasteiger partial charge in [0.15, 0.2) is 11.6 Å². The van der Waals surface area contributed by atoms with Crippen molar-refractivity contribution in [2.75, 3.05) is 5.73 Å². The Morgan fingerprint density at radius 1 is 1.54 bits per heavy atom. The zero-order valence-electron chi connectivity index (χ0n) is 6.47. The van der Waals surface area contributed by atoms with Crippen molar-refractivity contribution in [3.63, 3.8) is 0 Å². The van der Waals surface area contributed by atoms with Crippen molar-refractivity contribution < 1.29 is 18.3 Å². The lowest BCUT2D eigenvalue weighted by molar-refractivity contribution is 0.146. The number of nitrogen functional groups attached to an aromatic ring is 1. The predicted molar refractivity (Wildman–Crippen MR) is 39.5 cm³/mol. The van der Waals surface area contributed by atoms with Crippen molar-refractivity contribution in [1.29, 1.82) is 0 Å². The molecule has 1 aromatic rings. The average molecular weight is 192 g/mol. The summed E-state index contributed by atoms with van der Waals surface area (Å²) in [6.07, 6.45) is -2.96.